The molecule has 1 heterocycles. The fraction of sp³-hybridized carbons (Fsp3) is 0.765. The number of nitrogens with two attached hydrogens (primary N) is 1. The lowest BCUT2D eigenvalue weighted by Gasteiger charge is -2.32. The number of aryl methyl sites for hydroxylation is 1. The first kappa shape index (κ1) is 17.3. The van der Waals surface area contributed by atoms with Gasteiger partial charge in [-0.25, -0.2) is 0 Å². The van der Waals surface area contributed by atoms with Gasteiger partial charge in [-0.2, -0.15) is 5.10 Å². The number of alkyl halides is 1. The Labute approximate surface area is 138 Å². The Bertz CT molecular complexity index is 535. The number of nitrogens with one attached hydrogen (secondary N) is 1. The van der Waals surface area contributed by atoms with Gasteiger partial charge in [-0.1, -0.05) is 26.2 Å². The Morgan fingerprint density at radius 2 is 1.95 bits per heavy atom. The summed E-state index contributed by atoms with van der Waals surface area (Å²) in [6.45, 7) is 7.25. The molecule has 1 fully saturated rings. The molecule has 1 saturated carbocycles. The van der Waals surface area contributed by atoms with Crippen LogP contribution in [0.2, 0.25) is 0 Å². The summed E-state index contributed by atoms with van der Waals surface area (Å²) < 4.78 is 1.92. The standard InChI is InChI=1S/C17H29ClN4/c1-13-11-14(15(19)20)22(21-13)12-16(2)7-5-4-6-8-17(3,18)10-9-16/h11H,4-10,12H2,1-3H3,(H3,19,20). The van der Waals surface area contributed by atoms with Gasteiger partial charge in [0.15, 0.2) is 0 Å². The van der Waals surface area contributed by atoms with Gasteiger partial charge in [0.25, 0.3) is 0 Å². The summed E-state index contributed by atoms with van der Waals surface area (Å²) in [4.78, 5) is -0.0883. The van der Waals surface area contributed by atoms with Crippen molar-refractivity contribution in [1.29, 1.82) is 5.41 Å². The summed E-state index contributed by atoms with van der Waals surface area (Å²) >= 11 is 6.66. The van der Waals surface area contributed by atoms with Crippen molar-refractivity contribution < 1.29 is 0 Å². The average molecular weight is 325 g/mol. The third kappa shape index (κ3) is 4.48. The van der Waals surface area contributed by atoms with Crippen molar-refractivity contribution in [2.24, 2.45) is 11.1 Å². The quantitative estimate of drug-likeness (QED) is 0.496. The minimum atomic E-state index is -0.0883. The largest absolute Gasteiger partial charge is 0.382 e. The maximum atomic E-state index is 7.74. The van der Waals surface area contributed by atoms with Gasteiger partial charge < -0.3 is 5.73 Å². The molecule has 124 valence electrons. The molecule has 3 N–H and O–H groups in total. The van der Waals surface area contributed by atoms with Crippen molar-refractivity contribution >= 4 is 17.4 Å². The van der Waals surface area contributed by atoms with E-state index in [2.05, 4.69) is 18.9 Å². The zero-order chi connectivity index (χ0) is 16.4. The summed E-state index contributed by atoms with van der Waals surface area (Å²) in [5.41, 5.74) is 7.50. The summed E-state index contributed by atoms with van der Waals surface area (Å²) in [6, 6.07) is 1.90. The van der Waals surface area contributed by atoms with Crippen LogP contribution in [-0.4, -0.2) is 20.5 Å². The first-order chi connectivity index (χ1) is 10.2. The molecule has 0 bridgehead atoms. The van der Waals surface area contributed by atoms with E-state index in [0.717, 1.165) is 37.2 Å². The second kappa shape index (κ2) is 6.61. The van der Waals surface area contributed by atoms with E-state index in [0.29, 0.717) is 0 Å². The first-order valence-corrected chi connectivity index (χ1v) is 8.66. The lowest BCUT2D eigenvalue weighted by Crippen LogP contribution is -2.29. The molecular weight excluding hydrogens is 296 g/mol. The van der Waals surface area contributed by atoms with E-state index < -0.39 is 0 Å². The Hall–Kier alpha value is -1.03. The van der Waals surface area contributed by atoms with Crippen LogP contribution in [0.1, 0.15) is 70.2 Å². The highest BCUT2D eigenvalue weighted by atomic mass is 35.5. The van der Waals surface area contributed by atoms with Gasteiger partial charge in [0.1, 0.15) is 11.5 Å². The van der Waals surface area contributed by atoms with Gasteiger partial charge in [0.05, 0.1) is 5.69 Å². The van der Waals surface area contributed by atoms with Crippen LogP contribution in [0.25, 0.3) is 0 Å². The Balaban J connectivity index is 2.19. The van der Waals surface area contributed by atoms with Crippen molar-refractivity contribution in [1.82, 2.24) is 9.78 Å². The lowest BCUT2D eigenvalue weighted by atomic mass is 9.79. The van der Waals surface area contributed by atoms with Crippen LogP contribution < -0.4 is 5.73 Å². The van der Waals surface area contributed by atoms with Gasteiger partial charge in [-0.05, 0) is 51.0 Å². The molecule has 2 rings (SSSR count). The van der Waals surface area contributed by atoms with E-state index in [-0.39, 0.29) is 16.1 Å². The number of aromatic nitrogens is 2. The molecule has 22 heavy (non-hydrogen) atoms. The molecule has 5 heteroatoms. The van der Waals surface area contributed by atoms with Gasteiger partial charge in [-0.3, -0.25) is 10.1 Å². The highest BCUT2D eigenvalue weighted by Gasteiger charge is 2.31. The molecule has 0 radical (unpaired) electrons. The molecule has 1 aliphatic rings. The molecule has 0 aliphatic heterocycles. The van der Waals surface area contributed by atoms with Crippen LogP contribution >= 0.6 is 11.6 Å². The number of hydrogen-bond acceptors (Lipinski definition) is 2. The van der Waals surface area contributed by atoms with Crippen LogP contribution in [0.15, 0.2) is 6.07 Å². The van der Waals surface area contributed by atoms with Gasteiger partial charge >= 0.3 is 0 Å². The third-order valence-electron chi connectivity index (χ3n) is 4.94. The number of amidine groups is 1. The van der Waals surface area contributed by atoms with Crippen LogP contribution in [0.3, 0.4) is 0 Å². The molecule has 0 spiro atoms. The maximum absolute atomic E-state index is 7.74. The van der Waals surface area contributed by atoms with E-state index >= 15 is 0 Å². The van der Waals surface area contributed by atoms with E-state index in [1.165, 1.54) is 25.7 Å². The number of rotatable bonds is 3. The van der Waals surface area contributed by atoms with Crippen LogP contribution in [-0.2, 0) is 6.54 Å². The molecule has 0 amide bonds. The minimum absolute atomic E-state index is 0.0883. The molecular formula is C17H29ClN4. The van der Waals surface area contributed by atoms with Gasteiger partial charge in [0, 0.05) is 11.4 Å². The van der Waals surface area contributed by atoms with Crippen molar-refractivity contribution in [3.8, 4) is 0 Å². The van der Waals surface area contributed by atoms with Crippen LogP contribution in [0.5, 0.6) is 0 Å². The zero-order valence-electron chi connectivity index (χ0n) is 14.1. The molecule has 2 unspecified atom stereocenters. The highest BCUT2D eigenvalue weighted by Crippen LogP contribution is 2.40. The highest BCUT2D eigenvalue weighted by molar-refractivity contribution is 6.23. The molecule has 1 aliphatic carbocycles. The summed E-state index contributed by atoms with van der Waals surface area (Å²) in [5, 5.41) is 12.3. The zero-order valence-corrected chi connectivity index (χ0v) is 14.8. The summed E-state index contributed by atoms with van der Waals surface area (Å²) in [5.74, 6) is 0.0921. The van der Waals surface area contributed by atoms with Crippen molar-refractivity contribution in [2.75, 3.05) is 0 Å². The monoisotopic (exact) mass is 324 g/mol. The SMILES string of the molecule is Cc1cc(C(=N)N)n(CC2(C)CCCCCC(C)(Cl)CC2)n1. The molecule has 1 aromatic rings. The number of hydrogen-bond donors (Lipinski definition) is 2. The Kier molecular flexibility index (Phi) is 5.21. The number of nitrogen functional groups attached to an aromatic ring is 1. The van der Waals surface area contributed by atoms with E-state index in [9.17, 15) is 0 Å². The van der Waals surface area contributed by atoms with Crippen molar-refractivity contribution in [3.63, 3.8) is 0 Å². The summed E-state index contributed by atoms with van der Waals surface area (Å²) in [6.07, 6.45) is 8.09. The van der Waals surface area contributed by atoms with Crippen molar-refractivity contribution in [2.45, 2.75) is 77.1 Å². The number of halogens is 1. The maximum Gasteiger partial charge on any atom is 0.141 e. The van der Waals surface area contributed by atoms with Crippen LogP contribution in [0.4, 0.5) is 0 Å². The second-order valence-electron chi connectivity index (χ2n) is 7.53. The van der Waals surface area contributed by atoms with Gasteiger partial charge in [-0.15, -0.1) is 11.6 Å². The minimum Gasteiger partial charge on any atom is -0.382 e. The predicted molar refractivity (Wildman–Crippen MR) is 92.7 cm³/mol. The lowest BCUT2D eigenvalue weighted by molar-refractivity contribution is 0.203. The topological polar surface area (TPSA) is 67.7 Å². The molecule has 4 nitrogen and oxygen atoms in total. The average Bonchev–Trinajstić information content (AvgIpc) is 2.78. The molecule has 0 saturated heterocycles. The van der Waals surface area contributed by atoms with E-state index in [4.69, 9.17) is 22.7 Å². The summed E-state index contributed by atoms with van der Waals surface area (Å²) in [7, 11) is 0. The Morgan fingerprint density at radius 1 is 1.27 bits per heavy atom. The Morgan fingerprint density at radius 3 is 2.64 bits per heavy atom. The predicted octanol–water partition coefficient (Wildman–Crippen LogP) is 4.22. The number of nitrogens with zero attached hydrogens (tertiary/aromatic N) is 2. The van der Waals surface area contributed by atoms with Crippen LogP contribution in [0, 0.1) is 17.7 Å². The first-order valence-electron chi connectivity index (χ1n) is 8.29. The van der Waals surface area contributed by atoms with E-state index in [1.54, 1.807) is 0 Å². The molecule has 2 atom stereocenters. The third-order valence-corrected chi connectivity index (χ3v) is 5.32. The molecule has 1 aromatic heterocycles. The fourth-order valence-corrected chi connectivity index (χ4v) is 3.67. The molecule has 0 aromatic carbocycles. The van der Waals surface area contributed by atoms with Crippen molar-refractivity contribution in [3.05, 3.63) is 17.5 Å². The van der Waals surface area contributed by atoms with Gasteiger partial charge in [0.2, 0.25) is 0 Å². The normalized spacial score (nSPS) is 30.4. The second-order valence-corrected chi connectivity index (χ2v) is 8.44. The fourth-order valence-electron chi connectivity index (χ4n) is 3.44. The smallest absolute Gasteiger partial charge is 0.141 e. The van der Waals surface area contributed by atoms with E-state index in [1.807, 2.05) is 17.7 Å².